The normalized spacial score (nSPS) is 10.3. The molecule has 62 valence electrons. The third kappa shape index (κ3) is 2.18. The molecule has 1 N–H and O–H groups in total. The summed E-state index contributed by atoms with van der Waals surface area (Å²) in [6.45, 7) is 2.79. The van der Waals surface area contributed by atoms with E-state index in [-0.39, 0.29) is 5.69 Å². The zero-order valence-corrected chi connectivity index (χ0v) is 6.58. The van der Waals surface area contributed by atoms with Gasteiger partial charge >= 0.3 is 5.69 Å². The average Bonchev–Trinajstić information content (AvgIpc) is 2.37. The Morgan fingerprint density at radius 3 is 2.91 bits per heavy atom. The maximum atomic E-state index is 10.8. The Hall–Kier alpha value is -1.13. The van der Waals surface area contributed by atoms with Crippen LogP contribution in [0, 0.1) is 0 Å². The van der Waals surface area contributed by atoms with Gasteiger partial charge in [-0.2, -0.15) is 4.68 Å². The second-order valence-corrected chi connectivity index (χ2v) is 2.44. The van der Waals surface area contributed by atoms with Crippen LogP contribution in [0.2, 0.25) is 0 Å². The van der Waals surface area contributed by atoms with Crippen molar-refractivity contribution in [2.24, 2.45) is 0 Å². The van der Waals surface area contributed by atoms with E-state index in [9.17, 15) is 4.79 Å². The van der Waals surface area contributed by atoms with Gasteiger partial charge in [0.05, 0.1) is 0 Å². The van der Waals surface area contributed by atoms with E-state index >= 15 is 0 Å². The van der Waals surface area contributed by atoms with E-state index in [1.54, 1.807) is 0 Å². The van der Waals surface area contributed by atoms with Crippen molar-refractivity contribution in [1.29, 1.82) is 0 Å². The van der Waals surface area contributed by atoms with Gasteiger partial charge in [0.25, 0.3) is 0 Å². The van der Waals surface area contributed by atoms with Gasteiger partial charge in [-0.05, 0) is 16.8 Å². The second-order valence-electron chi connectivity index (χ2n) is 2.44. The van der Waals surface area contributed by atoms with Crippen molar-refractivity contribution < 1.29 is 0 Å². The molecule has 0 unspecified atom stereocenters. The molecule has 0 aliphatic rings. The minimum Gasteiger partial charge on any atom is -0.245 e. The lowest BCUT2D eigenvalue weighted by Crippen LogP contribution is -2.17. The molecule has 0 radical (unpaired) electrons. The molecule has 11 heavy (non-hydrogen) atoms. The highest BCUT2D eigenvalue weighted by atomic mass is 16.2. The summed E-state index contributed by atoms with van der Waals surface area (Å²) in [6.07, 6.45) is 3.26. The zero-order chi connectivity index (χ0) is 8.10. The largest absolute Gasteiger partial charge is 0.361 e. The minimum absolute atomic E-state index is 0.221. The van der Waals surface area contributed by atoms with Gasteiger partial charge in [0.2, 0.25) is 0 Å². The maximum absolute atomic E-state index is 10.8. The number of aryl methyl sites for hydroxylation is 1. The standard InChI is InChI=1S/C6H12N4O/c1-2-3-4-5-10-6(11)7-8-9-10/h2-5H2,1H3,(H,7,9,11). The number of aromatic amines is 1. The fourth-order valence-electron chi connectivity index (χ4n) is 0.875. The topological polar surface area (TPSA) is 63.6 Å². The number of tetrazole rings is 1. The molecule has 0 spiro atoms. The molecule has 1 aromatic rings. The van der Waals surface area contributed by atoms with Crippen LogP contribution in [-0.4, -0.2) is 20.2 Å². The summed E-state index contributed by atoms with van der Waals surface area (Å²) in [5, 5.41) is 9.20. The van der Waals surface area contributed by atoms with Crippen molar-refractivity contribution in [2.75, 3.05) is 0 Å². The number of nitrogens with zero attached hydrogens (tertiary/aromatic N) is 3. The van der Waals surface area contributed by atoms with Crippen LogP contribution in [0.5, 0.6) is 0 Å². The molecule has 0 aliphatic heterocycles. The van der Waals surface area contributed by atoms with Crippen LogP contribution in [0.25, 0.3) is 0 Å². The second kappa shape index (κ2) is 3.90. The van der Waals surface area contributed by atoms with Crippen LogP contribution in [0.4, 0.5) is 0 Å². The molecule has 5 heteroatoms. The first-order valence-corrected chi connectivity index (χ1v) is 3.82. The number of hydrogen-bond donors (Lipinski definition) is 1. The molecular formula is C6H12N4O. The lowest BCUT2D eigenvalue weighted by Gasteiger charge is -1.94. The Kier molecular flexibility index (Phi) is 2.83. The number of nitrogens with one attached hydrogen (secondary N) is 1. The van der Waals surface area contributed by atoms with Crippen molar-refractivity contribution in [2.45, 2.75) is 32.7 Å². The van der Waals surface area contributed by atoms with Gasteiger partial charge in [0, 0.05) is 6.54 Å². The van der Waals surface area contributed by atoms with Crippen molar-refractivity contribution in [3.05, 3.63) is 10.5 Å². The third-order valence-electron chi connectivity index (χ3n) is 1.51. The Bertz CT molecular complexity index is 251. The van der Waals surface area contributed by atoms with Crippen LogP contribution in [-0.2, 0) is 6.54 Å². The van der Waals surface area contributed by atoms with E-state index in [1.807, 2.05) is 0 Å². The van der Waals surface area contributed by atoms with Crippen LogP contribution in [0.3, 0.4) is 0 Å². The Balaban J connectivity index is 2.39. The van der Waals surface area contributed by atoms with Crippen LogP contribution < -0.4 is 5.69 Å². The van der Waals surface area contributed by atoms with Crippen molar-refractivity contribution in [3.63, 3.8) is 0 Å². The van der Waals surface area contributed by atoms with Crippen LogP contribution >= 0.6 is 0 Å². The highest BCUT2D eigenvalue weighted by Gasteiger charge is 1.96. The highest BCUT2D eigenvalue weighted by molar-refractivity contribution is 4.51. The molecule has 0 amide bonds. The Labute approximate surface area is 64.4 Å². The molecule has 1 heterocycles. The summed E-state index contributed by atoms with van der Waals surface area (Å²) in [7, 11) is 0. The molecule has 0 atom stereocenters. The number of rotatable bonds is 4. The number of unbranched alkanes of at least 4 members (excludes halogenated alkanes) is 2. The zero-order valence-electron chi connectivity index (χ0n) is 6.58. The van der Waals surface area contributed by atoms with E-state index in [1.165, 1.54) is 4.68 Å². The maximum Gasteiger partial charge on any atom is 0.361 e. The summed E-state index contributed by atoms with van der Waals surface area (Å²) >= 11 is 0. The third-order valence-corrected chi connectivity index (χ3v) is 1.51. The molecule has 0 bridgehead atoms. The van der Waals surface area contributed by atoms with Gasteiger partial charge in [-0.3, -0.25) is 0 Å². The number of H-pyrrole nitrogens is 1. The fraction of sp³-hybridized carbons (Fsp3) is 0.833. The van der Waals surface area contributed by atoms with Crippen molar-refractivity contribution in [3.8, 4) is 0 Å². The summed E-state index contributed by atoms with van der Waals surface area (Å²) in [5.41, 5.74) is -0.221. The lowest BCUT2D eigenvalue weighted by molar-refractivity contribution is 0.526. The highest BCUT2D eigenvalue weighted by Crippen LogP contribution is 1.93. The van der Waals surface area contributed by atoms with E-state index in [0.717, 1.165) is 19.3 Å². The van der Waals surface area contributed by atoms with E-state index < -0.39 is 0 Å². The SMILES string of the molecule is CCCCCn1nn[nH]c1=O. The molecule has 0 saturated carbocycles. The summed E-state index contributed by atoms with van der Waals surface area (Å²) in [6, 6.07) is 0. The van der Waals surface area contributed by atoms with Crippen molar-refractivity contribution >= 4 is 0 Å². The monoisotopic (exact) mass is 156 g/mol. The fourth-order valence-corrected chi connectivity index (χ4v) is 0.875. The molecule has 0 saturated heterocycles. The summed E-state index contributed by atoms with van der Waals surface area (Å²) in [5.74, 6) is 0. The lowest BCUT2D eigenvalue weighted by atomic mass is 10.2. The molecule has 1 rings (SSSR count). The van der Waals surface area contributed by atoms with Crippen LogP contribution in [0.1, 0.15) is 26.2 Å². The van der Waals surface area contributed by atoms with Gasteiger partial charge in [0.15, 0.2) is 0 Å². The van der Waals surface area contributed by atoms with Gasteiger partial charge in [-0.15, -0.1) is 0 Å². The van der Waals surface area contributed by atoms with Crippen LogP contribution in [0.15, 0.2) is 4.79 Å². The molecule has 5 nitrogen and oxygen atoms in total. The summed E-state index contributed by atoms with van der Waals surface area (Å²) in [4.78, 5) is 10.8. The van der Waals surface area contributed by atoms with E-state index in [0.29, 0.717) is 6.54 Å². The first-order valence-electron chi connectivity index (χ1n) is 3.82. The quantitative estimate of drug-likeness (QED) is 0.631. The predicted octanol–water partition coefficient (Wildman–Crippen LogP) is 0.157. The van der Waals surface area contributed by atoms with Gasteiger partial charge in [-0.1, -0.05) is 19.8 Å². The molecule has 0 aromatic carbocycles. The first-order chi connectivity index (χ1) is 5.34. The van der Waals surface area contributed by atoms with Gasteiger partial charge in [0.1, 0.15) is 0 Å². The Morgan fingerprint density at radius 1 is 1.55 bits per heavy atom. The molecule has 0 aliphatic carbocycles. The van der Waals surface area contributed by atoms with Crippen molar-refractivity contribution in [1.82, 2.24) is 20.2 Å². The predicted molar refractivity (Wildman–Crippen MR) is 40.2 cm³/mol. The molecular weight excluding hydrogens is 144 g/mol. The minimum atomic E-state index is -0.221. The number of hydrogen-bond acceptors (Lipinski definition) is 3. The summed E-state index contributed by atoms with van der Waals surface area (Å²) < 4.78 is 1.34. The smallest absolute Gasteiger partial charge is 0.245 e. The molecule has 0 fully saturated rings. The van der Waals surface area contributed by atoms with E-state index in [4.69, 9.17) is 0 Å². The number of aromatic nitrogens is 4. The van der Waals surface area contributed by atoms with E-state index in [2.05, 4.69) is 22.4 Å². The first kappa shape index (κ1) is 7.97. The average molecular weight is 156 g/mol. The van der Waals surface area contributed by atoms with Gasteiger partial charge in [-0.25, -0.2) is 9.89 Å². The Morgan fingerprint density at radius 2 is 2.36 bits per heavy atom. The molecule has 1 aromatic heterocycles. The van der Waals surface area contributed by atoms with Gasteiger partial charge < -0.3 is 0 Å².